The number of pyridine rings is 1. The van der Waals surface area contributed by atoms with E-state index in [1.165, 1.54) is 0 Å². The zero-order valence-corrected chi connectivity index (χ0v) is 17.8. The Morgan fingerprint density at radius 1 is 1.21 bits per heavy atom. The van der Waals surface area contributed by atoms with E-state index < -0.39 is 0 Å². The van der Waals surface area contributed by atoms with Gasteiger partial charge in [-0.1, -0.05) is 0 Å². The number of nitriles is 1. The van der Waals surface area contributed by atoms with Gasteiger partial charge in [0.2, 0.25) is 0 Å². The number of fused-ring (bicyclic) bond motifs is 1. The topological polar surface area (TPSA) is 82.4 Å². The number of likely N-dealkylation sites (N-methyl/N-ethyl adjacent to an activating group) is 1. The van der Waals surface area contributed by atoms with Crippen LogP contribution in [-0.2, 0) is 17.8 Å². The van der Waals surface area contributed by atoms with Gasteiger partial charge in [-0.2, -0.15) is 5.26 Å². The van der Waals surface area contributed by atoms with Crippen LogP contribution in [0.25, 0.3) is 0 Å². The molecule has 0 fully saturated rings. The summed E-state index contributed by atoms with van der Waals surface area (Å²) in [7, 11) is 5.70. The van der Waals surface area contributed by atoms with E-state index in [-0.39, 0.29) is 5.60 Å². The van der Waals surface area contributed by atoms with E-state index in [9.17, 15) is 5.26 Å². The van der Waals surface area contributed by atoms with E-state index >= 15 is 0 Å². The molecule has 0 spiro atoms. The first kappa shape index (κ1) is 20.9. The van der Waals surface area contributed by atoms with Gasteiger partial charge in [0.15, 0.2) is 5.82 Å². The number of nitrogens with zero attached hydrogens (tertiary/aromatic N) is 3. The summed E-state index contributed by atoms with van der Waals surface area (Å²) in [6.07, 6.45) is 0.660. The summed E-state index contributed by atoms with van der Waals surface area (Å²) in [5, 5.41) is 16.7. The van der Waals surface area contributed by atoms with Gasteiger partial charge in [-0.3, -0.25) is 0 Å². The molecule has 0 amide bonds. The monoisotopic (exact) mass is 395 g/mol. The third kappa shape index (κ3) is 4.97. The summed E-state index contributed by atoms with van der Waals surface area (Å²) in [5.74, 6) is 2.10. The highest BCUT2D eigenvalue weighted by molar-refractivity contribution is 5.70. The molecule has 154 valence electrons. The van der Waals surface area contributed by atoms with Crippen LogP contribution in [0.3, 0.4) is 0 Å². The largest absolute Gasteiger partial charge is 0.497 e. The molecule has 0 unspecified atom stereocenters. The highest BCUT2D eigenvalue weighted by Gasteiger charge is 2.32. The van der Waals surface area contributed by atoms with Crippen LogP contribution in [0.1, 0.15) is 30.5 Å². The van der Waals surface area contributed by atoms with Crippen molar-refractivity contribution in [1.82, 2.24) is 9.88 Å². The number of methoxy groups -OCH3 is 1. The maximum Gasteiger partial charge on any atom is 0.151 e. The molecule has 7 heteroatoms. The van der Waals surface area contributed by atoms with Crippen molar-refractivity contribution in [2.45, 2.75) is 32.5 Å². The highest BCUT2D eigenvalue weighted by atomic mass is 16.5. The molecular formula is C22H29N5O2. The van der Waals surface area contributed by atoms with Crippen molar-refractivity contribution in [3.05, 3.63) is 41.0 Å². The number of hydrogen-bond acceptors (Lipinski definition) is 7. The lowest BCUT2D eigenvalue weighted by Crippen LogP contribution is -2.33. The van der Waals surface area contributed by atoms with Gasteiger partial charge in [0.25, 0.3) is 0 Å². The molecule has 0 bridgehead atoms. The summed E-state index contributed by atoms with van der Waals surface area (Å²) < 4.78 is 11.2. The average Bonchev–Trinajstić information content (AvgIpc) is 2.67. The summed E-state index contributed by atoms with van der Waals surface area (Å²) in [6.45, 7) is 6.17. The smallest absolute Gasteiger partial charge is 0.151 e. The van der Waals surface area contributed by atoms with Crippen molar-refractivity contribution in [3.8, 4) is 11.8 Å². The molecule has 29 heavy (non-hydrogen) atoms. The summed E-state index contributed by atoms with van der Waals surface area (Å²) >= 11 is 0. The number of nitrogens with one attached hydrogen (secondary N) is 2. The fourth-order valence-electron chi connectivity index (χ4n) is 3.33. The minimum atomic E-state index is -0.321. The Kier molecular flexibility index (Phi) is 6.26. The van der Waals surface area contributed by atoms with E-state index in [0.717, 1.165) is 41.5 Å². The Labute approximate surface area is 172 Å². The van der Waals surface area contributed by atoms with Crippen LogP contribution in [0.4, 0.5) is 17.3 Å². The molecule has 0 radical (unpaired) electrons. The number of benzene rings is 1. The maximum atomic E-state index is 9.93. The van der Waals surface area contributed by atoms with Gasteiger partial charge in [-0.15, -0.1) is 0 Å². The molecule has 0 aliphatic carbocycles. The first-order valence-electron chi connectivity index (χ1n) is 9.72. The standard InChI is InChI=1S/C22H29N5O2/c1-22(2)12-17-18(13-23)21(25-15-6-8-16(28-5)9-7-15)26-20(19(17)14-29-22)24-10-11-27(3)4/h6-9H,10-12,14H2,1-5H3,(H2,24,25,26). The zero-order chi connectivity index (χ0) is 21.0. The third-order valence-electron chi connectivity index (χ3n) is 4.94. The van der Waals surface area contributed by atoms with E-state index in [0.29, 0.717) is 24.4 Å². The Bertz CT molecular complexity index is 901. The number of aromatic nitrogens is 1. The summed E-state index contributed by atoms with van der Waals surface area (Å²) in [6, 6.07) is 9.93. The predicted molar refractivity (Wildman–Crippen MR) is 115 cm³/mol. The van der Waals surface area contributed by atoms with Crippen LogP contribution in [-0.4, -0.2) is 49.8 Å². The van der Waals surface area contributed by atoms with E-state index in [1.54, 1.807) is 7.11 Å². The lowest BCUT2D eigenvalue weighted by molar-refractivity contribution is -0.0399. The van der Waals surface area contributed by atoms with Gasteiger partial charge in [0.05, 0.1) is 24.9 Å². The van der Waals surface area contributed by atoms with Crippen LogP contribution < -0.4 is 15.4 Å². The van der Waals surface area contributed by atoms with Gasteiger partial charge < -0.3 is 25.0 Å². The molecule has 0 atom stereocenters. The zero-order valence-electron chi connectivity index (χ0n) is 17.8. The minimum absolute atomic E-state index is 0.321. The number of ether oxygens (including phenoxy) is 2. The normalized spacial score (nSPS) is 14.8. The molecule has 1 aliphatic heterocycles. The second-order valence-electron chi connectivity index (χ2n) is 8.06. The lowest BCUT2D eigenvalue weighted by Gasteiger charge is -2.33. The Morgan fingerprint density at radius 2 is 1.93 bits per heavy atom. The van der Waals surface area contributed by atoms with Crippen molar-refractivity contribution in [3.63, 3.8) is 0 Å². The highest BCUT2D eigenvalue weighted by Crippen LogP contribution is 2.37. The Hall–Kier alpha value is -2.82. The molecular weight excluding hydrogens is 366 g/mol. The molecule has 1 aromatic carbocycles. The van der Waals surface area contributed by atoms with Crippen molar-refractivity contribution in [2.75, 3.05) is 44.9 Å². The third-order valence-corrected chi connectivity index (χ3v) is 4.94. The molecule has 1 aromatic heterocycles. The van der Waals surface area contributed by atoms with Crippen molar-refractivity contribution in [1.29, 1.82) is 5.26 Å². The first-order valence-corrected chi connectivity index (χ1v) is 9.72. The fourth-order valence-corrected chi connectivity index (χ4v) is 3.33. The first-order chi connectivity index (χ1) is 13.8. The maximum absolute atomic E-state index is 9.93. The quantitative estimate of drug-likeness (QED) is 0.742. The van der Waals surface area contributed by atoms with Crippen LogP contribution in [0, 0.1) is 11.3 Å². The van der Waals surface area contributed by atoms with Crippen LogP contribution in [0.2, 0.25) is 0 Å². The molecule has 2 aromatic rings. The molecule has 2 heterocycles. The minimum Gasteiger partial charge on any atom is -0.497 e. The van der Waals surface area contributed by atoms with Crippen molar-refractivity contribution < 1.29 is 9.47 Å². The van der Waals surface area contributed by atoms with Gasteiger partial charge in [-0.25, -0.2) is 4.98 Å². The van der Waals surface area contributed by atoms with Gasteiger partial charge in [0, 0.05) is 30.8 Å². The number of rotatable bonds is 7. The average molecular weight is 396 g/mol. The predicted octanol–water partition coefficient (Wildman–Crippen LogP) is 3.53. The second kappa shape index (κ2) is 8.68. The van der Waals surface area contributed by atoms with Crippen LogP contribution >= 0.6 is 0 Å². The van der Waals surface area contributed by atoms with E-state index in [2.05, 4.69) is 21.6 Å². The lowest BCUT2D eigenvalue weighted by atomic mass is 9.89. The molecule has 0 saturated heterocycles. The summed E-state index contributed by atoms with van der Waals surface area (Å²) in [4.78, 5) is 6.88. The SMILES string of the molecule is COc1ccc(Nc2nc(NCCN(C)C)c3c(c2C#N)CC(C)(C)OC3)cc1. The van der Waals surface area contributed by atoms with E-state index in [4.69, 9.17) is 14.5 Å². The summed E-state index contributed by atoms with van der Waals surface area (Å²) in [5.41, 5.74) is 3.07. The van der Waals surface area contributed by atoms with Gasteiger partial charge >= 0.3 is 0 Å². The van der Waals surface area contributed by atoms with Gasteiger partial charge in [0.1, 0.15) is 17.6 Å². The van der Waals surface area contributed by atoms with Crippen LogP contribution in [0.15, 0.2) is 24.3 Å². The number of hydrogen-bond donors (Lipinski definition) is 2. The second-order valence-corrected chi connectivity index (χ2v) is 8.06. The Morgan fingerprint density at radius 3 is 2.55 bits per heavy atom. The Balaban J connectivity index is 2.00. The van der Waals surface area contributed by atoms with E-state index in [1.807, 2.05) is 52.2 Å². The molecule has 0 saturated carbocycles. The van der Waals surface area contributed by atoms with Crippen LogP contribution in [0.5, 0.6) is 5.75 Å². The number of anilines is 3. The molecule has 3 rings (SSSR count). The molecule has 2 N–H and O–H groups in total. The fraction of sp³-hybridized carbons (Fsp3) is 0.455. The molecule has 7 nitrogen and oxygen atoms in total. The van der Waals surface area contributed by atoms with Gasteiger partial charge in [-0.05, 0) is 57.8 Å². The van der Waals surface area contributed by atoms with Crippen molar-refractivity contribution >= 4 is 17.3 Å². The molecule has 1 aliphatic rings. The van der Waals surface area contributed by atoms with Crippen molar-refractivity contribution in [2.24, 2.45) is 0 Å².